The zero-order chi connectivity index (χ0) is 15.1. The number of ether oxygens (including phenoxy) is 2. The van der Waals surface area contributed by atoms with Crippen LogP contribution in [0.5, 0.6) is 11.5 Å². The average Bonchev–Trinajstić information content (AvgIpc) is 2.50. The predicted octanol–water partition coefficient (Wildman–Crippen LogP) is 4.71. The monoisotopic (exact) mass is 321 g/mol. The molecule has 0 atom stereocenters. The number of halogens is 2. The van der Waals surface area contributed by atoms with Gasteiger partial charge in [0.15, 0.2) is 5.75 Å². The highest BCUT2D eigenvalue weighted by Crippen LogP contribution is 2.32. The summed E-state index contributed by atoms with van der Waals surface area (Å²) in [6.07, 6.45) is 0.679. The van der Waals surface area contributed by atoms with Crippen LogP contribution < -0.4 is 9.47 Å². The van der Waals surface area contributed by atoms with Gasteiger partial charge in [0.25, 0.3) is 0 Å². The molecule has 0 aliphatic heterocycles. The van der Waals surface area contributed by atoms with Gasteiger partial charge in [-0.25, -0.2) is 0 Å². The van der Waals surface area contributed by atoms with E-state index in [1.54, 1.807) is 36.4 Å². The fourth-order valence-electron chi connectivity index (χ4n) is 1.70. The Labute approximate surface area is 133 Å². The van der Waals surface area contributed by atoms with Gasteiger partial charge in [0.05, 0.1) is 34.9 Å². The van der Waals surface area contributed by atoms with Crippen LogP contribution in [0.3, 0.4) is 0 Å². The number of rotatable bonds is 6. The van der Waals surface area contributed by atoms with Crippen molar-refractivity contribution in [1.82, 2.24) is 0 Å². The van der Waals surface area contributed by atoms with E-state index >= 15 is 0 Å². The SMILES string of the molecule is N#Cc1cccc(OCCCOc2c(Cl)cccc2Cl)c1. The number of hydrogen-bond acceptors (Lipinski definition) is 3. The van der Waals surface area contributed by atoms with Crippen LogP contribution in [0.4, 0.5) is 0 Å². The highest BCUT2D eigenvalue weighted by atomic mass is 35.5. The van der Waals surface area contributed by atoms with Gasteiger partial charge < -0.3 is 9.47 Å². The summed E-state index contributed by atoms with van der Waals surface area (Å²) in [7, 11) is 0. The number of benzene rings is 2. The molecule has 2 rings (SSSR count). The van der Waals surface area contributed by atoms with E-state index in [-0.39, 0.29) is 0 Å². The minimum absolute atomic E-state index is 0.446. The van der Waals surface area contributed by atoms with Crippen LogP contribution in [-0.4, -0.2) is 13.2 Å². The normalized spacial score (nSPS) is 9.95. The van der Waals surface area contributed by atoms with Gasteiger partial charge in [0.2, 0.25) is 0 Å². The molecule has 0 unspecified atom stereocenters. The molecule has 0 radical (unpaired) electrons. The van der Waals surface area contributed by atoms with Crippen molar-refractivity contribution in [2.45, 2.75) is 6.42 Å². The molecule has 108 valence electrons. The van der Waals surface area contributed by atoms with E-state index in [4.69, 9.17) is 37.9 Å². The van der Waals surface area contributed by atoms with Crippen molar-refractivity contribution in [3.05, 3.63) is 58.1 Å². The Kier molecular flexibility index (Phi) is 5.74. The van der Waals surface area contributed by atoms with E-state index in [2.05, 4.69) is 6.07 Å². The maximum absolute atomic E-state index is 8.80. The number of para-hydroxylation sites is 1. The highest BCUT2D eigenvalue weighted by molar-refractivity contribution is 6.37. The maximum atomic E-state index is 8.80. The van der Waals surface area contributed by atoms with Gasteiger partial charge in [-0.15, -0.1) is 0 Å². The van der Waals surface area contributed by atoms with E-state index in [0.717, 1.165) is 0 Å². The molecular formula is C16H13Cl2NO2. The molecule has 2 aromatic carbocycles. The molecular weight excluding hydrogens is 309 g/mol. The Morgan fingerprint density at radius 1 is 0.952 bits per heavy atom. The molecule has 3 nitrogen and oxygen atoms in total. The van der Waals surface area contributed by atoms with Crippen LogP contribution in [0, 0.1) is 11.3 Å². The second-order valence-electron chi connectivity index (χ2n) is 4.24. The molecule has 0 saturated heterocycles. The largest absolute Gasteiger partial charge is 0.493 e. The topological polar surface area (TPSA) is 42.2 Å². The van der Waals surface area contributed by atoms with Crippen molar-refractivity contribution in [2.75, 3.05) is 13.2 Å². The quantitative estimate of drug-likeness (QED) is 0.723. The molecule has 0 aliphatic carbocycles. The lowest BCUT2D eigenvalue weighted by Crippen LogP contribution is -2.05. The smallest absolute Gasteiger partial charge is 0.156 e. The van der Waals surface area contributed by atoms with Crippen LogP contribution in [0.25, 0.3) is 0 Å². The van der Waals surface area contributed by atoms with Crippen LogP contribution >= 0.6 is 23.2 Å². The molecule has 5 heteroatoms. The van der Waals surface area contributed by atoms with Crippen molar-refractivity contribution in [2.24, 2.45) is 0 Å². The molecule has 0 saturated carbocycles. The van der Waals surface area contributed by atoms with Crippen molar-refractivity contribution in [3.63, 3.8) is 0 Å². The third-order valence-electron chi connectivity index (χ3n) is 2.69. The van der Waals surface area contributed by atoms with Crippen LogP contribution in [0.2, 0.25) is 10.0 Å². The second kappa shape index (κ2) is 7.78. The van der Waals surface area contributed by atoms with E-state index in [1.165, 1.54) is 0 Å². The Balaban J connectivity index is 1.76. The Bertz CT molecular complexity index is 633. The molecule has 0 heterocycles. The van der Waals surface area contributed by atoms with Crippen LogP contribution in [-0.2, 0) is 0 Å². The number of nitrogens with zero attached hydrogens (tertiary/aromatic N) is 1. The molecule has 0 bridgehead atoms. The summed E-state index contributed by atoms with van der Waals surface area (Å²) >= 11 is 12.0. The average molecular weight is 322 g/mol. The zero-order valence-corrected chi connectivity index (χ0v) is 12.7. The lowest BCUT2D eigenvalue weighted by molar-refractivity contribution is 0.247. The first-order valence-electron chi connectivity index (χ1n) is 6.40. The molecule has 2 aromatic rings. The van der Waals surface area contributed by atoms with Gasteiger partial charge in [-0.1, -0.05) is 35.3 Å². The van der Waals surface area contributed by atoms with Crippen molar-refractivity contribution in [3.8, 4) is 17.6 Å². The fourth-order valence-corrected chi connectivity index (χ4v) is 2.21. The van der Waals surface area contributed by atoms with Crippen LogP contribution in [0.15, 0.2) is 42.5 Å². The van der Waals surface area contributed by atoms with Gasteiger partial charge in [0.1, 0.15) is 5.75 Å². The minimum Gasteiger partial charge on any atom is -0.493 e. The minimum atomic E-state index is 0.446. The van der Waals surface area contributed by atoms with Crippen molar-refractivity contribution < 1.29 is 9.47 Å². The van der Waals surface area contributed by atoms with Crippen molar-refractivity contribution in [1.29, 1.82) is 5.26 Å². The summed E-state index contributed by atoms with van der Waals surface area (Å²) in [5.41, 5.74) is 0.576. The fraction of sp³-hybridized carbons (Fsp3) is 0.188. The van der Waals surface area contributed by atoms with Gasteiger partial charge in [-0.05, 0) is 30.3 Å². The van der Waals surface area contributed by atoms with E-state index < -0.39 is 0 Å². The van der Waals surface area contributed by atoms with E-state index in [0.29, 0.717) is 46.7 Å². The summed E-state index contributed by atoms with van der Waals surface area (Å²) in [4.78, 5) is 0. The van der Waals surface area contributed by atoms with Crippen molar-refractivity contribution >= 4 is 23.2 Å². The van der Waals surface area contributed by atoms with Gasteiger partial charge >= 0.3 is 0 Å². The molecule has 0 amide bonds. The van der Waals surface area contributed by atoms with Gasteiger partial charge in [-0.2, -0.15) is 5.26 Å². The summed E-state index contributed by atoms with van der Waals surface area (Å²) < 4.78 is 11.1. The summed E-state index contributed by atoms with van der Waals surface area (Å²) in [6.45, 7) is 0.929. The molecule has 0 fully saturated rings. The Morgan fingerprint density at radius 3 is 2.33 bits per heavy atom. The second-order valence-corrected chi connectivity index (χ2v) is 5.06. The molecule has 0 aromatic heterocycles. The lowest BCUT2D eigenvalue weighted by Gasteiger charge is -2.10. The molecule has 0 N–H and O–H groups in total. The van der Waals surface area contributed by atoms with Gasteiger partial charge in [0, 0.05) is 6.42 Å². The van der Waals surface area contributed by atoms with E-state index in [1.807, 2.05) is 6.07 Å². The summed E-state index contributed by atoms with van der Waals surface area (Å²) in [5.74, 6) is 1.16. The first-order valence-corrected chi connectivity index (χ1v) is 7.16. The number of hydrogen-bond donors (Lipinski definition) is 0. The van der Waals surface area contributed by atoms with E-state index in [9.17, 15) is 0 Å². The zero-order valence-electron chi connectivity index (χ0n) is 11.2. The Hall–Kier alpha value is -1.89. The maximum Gasteiger partial charge on any atom is 0.156 e. The summed E-state index contributed by atoms with van der Waals surface area (Å²) in [5, 5.41) is 9.78. The molecule has 0 aliphatic rings. The first-order chi connectivity index (χ1) is 10.2. The number of nitriles is 1. The standard InChI is InChI=1S/C16H13Cl2NO2/c17-14-6-2-7-15(18)16(14)21-9-3-8-20-13-5-1-4-12(10-13)11-19/h1-2,4-7,10H,3,8-9H2. The van der Waals surface area contributed by atoms with Crippen LogP contribution in [0.1, 0.15) is 12.0 Å². The van der Waals surface area contributed by atoms with Gasteiger partial charge in [-0.3, -0.25) is 0 Å². The Morgan fingerprint density at radius 2 is 1.62 bits per heavy atom. The summed E-state index contributed by atoms with van der Waals surface area (Å²) in [6, 6.07) is 14.3. The predicted molar refractivity (Wildman–Crippen MR) is 83.2 cm³/mol. The third kappa shape index (κ3) is 4.56. The molecule has 0 spiro atoms. The first kappa shape index (κ1) is 15.5. The lowest BCUT2D eigenvalue weighted by atomic mass is 10.2. The third-order valence-corrected chi connectivity index (χ3v) is 3.28. The molecule has 21 heavy (non-hydrogen) atoms. The highest BCUT2D eigenvalue weighted by Gasteiger charge is 2.06.